The molecule has 0 aliphatic carbocycles. The molecule has 8 heteroatoms. The van der Waals surface area contributed by atoms with Gasteiger partial charge in [-0.2, -0.15) is 0 Å². The van der Waals surface area contributed by atoms with E-state index in [9.17, 15) is 13.2 Å². The summed E-state index contributed by atoms with van der Waals surface area (Å²) in [5.74, 6) is -0.514. The van der Waals surface area contributed by atoms with Crippen LogP contribution in [0.4, 0.5) is 0 Å². The second-order valence-corrected chi connectivity index (χ2v) is 8.72. The molecule has 0 bridgehead atoms. The van der Waals surface area contributed by atoms with Gasteiger partial charge in [0.2, 0.25) is 0 Å². The summed E-state index contributed by atoms with van der Waals surface area (Å²) in [5, 5.41) is 0.576. The Bertz CT molecular complexity index is 1120. The van der Waals surface area contributed by atoms with Crippen LogP contribution in [0, 0.1) is 0 Å². The molecule has 0 aliphatic rings. The second kappa shape index (κ2) is 8.77. The van der Waals surface area contributed by atoms with Crippen molar-refractivity contribution in [2.24, 2.45) is 0 Å². The SMILES string of the molecule is O=C(NS(=O)(=O)c1ccccc1Br)c1ccccc1OCc1cccc(Cl)c1. The highest BCUT2D eigenvalue weighted by molar-refractivity contribution is 9.10. The molecule has 3 aromatic carbocycles. The largest absolute Gasteiger partial charge is 0.488 e. The van der Waals surface area contributed by atoms with E-state index in [1.54, 1.807) is 54.6 Å². The van der Waals surface area contributed by atoms with Crippen molar-refractivity contribution in [1.82, 2.24) is 4.72 Å². The molecule has 0 saturated heterocycles. The van der Waals surface area contributed by atoms with Crippen LogP contribution in [0.2, 0.25) is 5.02 Å². The summed E-state index contributed by atoms with van der Waals surface area (Å²) in [6.45, 7) is 0.182. The number of rotatable bonds is 6. The summed E-state index contributed by atoms with van der Waals surface area (Å²) in [6.07, 6.45) is 0. The second-order valence-electron chi connectivity index (χ2n) is 5.78. The third kappa shape index (κ3) is 4.92. The fraction of sp³-hybridized carbons (Fsp3) is 0.0500. The van der Waals surface area contributed by atoms with Gasteiger partial charge in [-0.1, -0.05) is 48.0 Å². The summed E-state index contributed by atoms with van der Waals surface area (Å²) < 4.78 is 33.3. The van der Waals surface area contributed by atoms with Crippen molar-refractivity contribution in [2.45, 2.75) is 11.5 Å². The first-order valence-corrected chi connectivity index (χ1v) is 10.8. The highest BCUT2D eigenvalue weighted by Gasteiger charge is 2.22. The number of nitrogens with one attached hydrogen (secondary N) is 1. The van der Waals surface area contributed by atoms with Gasteiger partial charge >= 0.3 is 0 Å². The first-order valence-electron chi connectivity index (χ1n) is 8.15. The maximum absolute atomic E-state index is 12.6. The molecular weight excluding hydrogens is 466 g/mol. The first-order chi connectivity index (χ1) is 13.4. The molecule has 0 radical (unpaired) electrons. The van der Waals surface area contributed by atoms with E-state index in [0.29, 0.717) is 9.50 Å². The Labute approximate surface area is 176 Å². The zero-order valence-electron chi connectivity index (χ0n) is 14.4. The predicted molar refractivity (Wildman–Crippen MR) is 111 cm³/mol. The summed E-state index contributed by atoms with van der Waals surface area (Å²) in [6, 6.07) is 19.8. The van der Waals surface area contributed by atoms with Crippen molar-refractivity contribution in [2.75, 3.05) is 0 Å². The highest BCUT2D eigenvalue weighted by atomic mass is 79.9. The molecule has 0 spiro atoms. The molecule has 0 unspecified atom stereocenters. The van der Waals surface area contributed by atoms with Crippen LogP contribution in [-0.2, 0) is 16.6 Å². The molecule has 0 aliphatic heterocycles. The van der Waals surface area contributed by atoms with Gasteiger partial charge < -0.3 is 4.74 Å². The number of sulfonamides is 1. The van der Waals surface area contributed by atoms with Crippen LogP contribution >= 0.6 is 27.5 Å². The molecule has 144 valence electrons. The molecule has 0 saturated carbocycles. The van der Waals surface area contributed by atoms with Crippen LogP contribution in [0.25, 0.3) is 0 Å². The zero-order chi connectivity index (χ0) is 20.1. The standard InChI is InChI=1S/C20H15BrClNO4S/c21-17-9-2-4-11-19(17)28(25,26)23-20(24)16-8-1-3-10-18(16)27-13-14-6-5-7-15(22)12-14/h1-12H,13H2,(H,23,24). The Balaban J connectivity index is 1.80. The van der Waals surface area contributed by atoms with Crippen LogP contribution in [-0.4, -0.2) is 14.3 Å². The maximum atomic E-state index is 12.6. The van der Waals surface area contributed by atoms with E-state index in [1.807, 2.05) is 6.07 Å². The molecule has 0 aromatic heterocycles. The third-order valence-electron chi connectivity index (χ3n) is 3.77. The van der Waals surface area contributed by atoms with Crippen molar-refractivity contribution in [3.63, 3.8) is 0 Å². The van der Waals surface area contributed by atoms with Crippen LogP contribution in [0.15, 0.2) is 82.2 Å². The van der Waals surface area contributed by atoms with E-state index < -0.39 is 15.9 Å². The van der Waals surface area contributed by atoms with E-state index in [0.717, 1.165) is 5.56 Å². The third-order valence-corrected chi connectivity index (χ3v) is 6.35. The number of amides is 1. The van der Waals surface area contributed by atoms with Gasteiger partial charge in [-0.05, 0) is 57.9 Å². The topological polar surface area (TPSA) is 72.5 Å². The maximum Gasteiger partial charge on any atom is 0.268 e. The Morgan fingerprint density at radius 3 is 2.46 bits per heavy atom. The van der Waals surface area contributed by atoms with Gasteiger partial charge in [0.15, 0.2) is 0 Å². The number of hydrogen-bond donors (Lipinski definition) is 1. The predicted octanol–water partition coefficient (Wildman–Crippen LogP) is 4.80. The van der Waals surface area contributed by atoms with Gasteiger partial charge in [0.05, 0.1) is 5.56 Å². The minimum Gasteiger partial charge on any atom is -0.488 e. The number of para-hydroxylation sites is 1. The monoisotopic (exact) mass is 479 g/mol. The Morgan fingerprint density at radius 2 is 1.71 bits per heavy atom. The fourth-order valence-electron chi connectivity index (χ4n) is 2.46. The van der Waals surface area contributed by atoms with E-state index >= 15 is 0 Å². The van der Waals surface area contributed by atoms with Crippen LogP contribution < -0.4 is 9.46 Å². The number of carbonyl (C=O) groups excluding carboxylic acids is 1. The normalized spacial score (nSPS) is 11.1. The van der Waals surface area contributed by atoms with Crippen LogP contribution in [0.3, 0.4) is 0 Å². The van der Waals surface area contributed by atoms with E-state index in [4.69, 9.17) is 16.3 Å². The molecule has 1 amide bonds. The van der Waals surface area contributed by atoms with Gasteiger partial charge in [0.25, 0.3) is 15.9 Å². The first kappa shape index (κ1) is 20.4. The van der Waals surface area contributed by atoms with Crippen LogP contribution in [0.1, 0.15) is 15.9 Å². The van der Waals surface area contributed by atoms with Crippen molar-refractivity contribution in [1.29, 1.82) is 0 Å². The average molecular weight is 481 g/mol. The lowest BCUT2D eigenvalue weighted by Crippen LogP contribution is -2.31. The molecular formula is C20H15BrClNO4S. The quantitative estimate of drug-likeness (QED) is 0.550. The molecule has 3 rings (SSSR count). The van der Waals surface area contributed by atoms with Gasteiger partial charge in [-0.15, -0.1) is 0 Å². The van der Waals surface area contributed by atoms with E-state index in [2.05, 4.69) is 20.7 Å². The summed E-state index contributed by atoms with van der Waals surface area (Å²) in [7, 11) is -4.05. The van der Waals surface area contributed by atoms with Gasteiger partial charge in [0.1, 0.15) is 17.3 Å². The molecule has 1 N–H and O–H groups in total. The Kier molecular flexibility index (Phi) is 6.39. The summed E-state index contributed by atoms with van der Waals surface area (Å²) >= 11 is 9.15. The Hall–Kier alpha value is -2.35. The lowest BCUT2D eigenvalue weighted by molar-refractivity contribution is 0.0977. The van der Waals surface area contributed by atoms with Crippen molar-refractivity contribution in [3.05, 3.63) is 93.4 Å². The van der Waals surface area contributed by atoms with Gasteiger partial charge in [0, 0.05) is 9.50 Å². The number of benzene rings is 3. The highest BCUT2D eigenvalue weighted by Crippen LogP contribution is 2.23. The molecule has 0 atom stereocenters. The summed E-state index contributed by atoms with van der Waals surface area (Å²) in [4.78, 5) is 12.6. The Morgan fingerprint density at radius 1 is 1.00 bits per heavy atom. The fourth-order valence-corrected chi connectivity index (χ4v) is 4.65. The molecule has 28 heavy (non-hydrogen) atoms. The van der Waals surface area contributed by atoms with E-state index in [1.165, 1.54) is 12.1 Å². The summed E-state index contributed by atoms with van der Waals surface area (Å²) in [5.41, 5.74) is 0.934. The molecule has 3 aromatic rings. The smallest absolute Gasteiger partial charge is 0.268 e. The molecule has 0 heterocycles. The van der Waals surface area contributed by atoms with Gasteiger partial charge in [-0.3, -0.25) is 4.79 Å². The lowest BCUT2D eigenvalue weighted by atomic mass is 10.2. The van der Waals surface area contributed by atoms with Crippen LogP contribution in [0.5, 0.6) is 5.75 Å². The number of ether oxygens (including phenoxy) is 1. The molecule has 0 fully saturated rings. The number of hydrogen-bond acceptors (Lipinski definition) is 4. The number of halogens is 2. The van der Waals surface area contributed by atoms with Crippen molar-refractivity contribution in [3.8, 4) is 5.75 Å². The van der Waals surface area contributed by atoms with Gasteiger partial charge in [-0.25, -0.2) is 13.1 Å². The zero-order valence-corrected chi connectivity index (χ0v) is 17.6. The van der Waals surface area contributed by atoms with Crippen molar-refractivity contribution < 1.29 is 17.9 Å². The van der Waals surface area contributed by atoms with Crippen molar-refractivity contribution >= 4 is 43.5 Å². The minimum absolute atomic E-state index is 0.0272. The minimum atomic E-state index is -4.05. The number of carbonyl (C=O) groups is 1. The van der Waals surface area contributed by atoms with E-state index in [-0.39, 0.29) is 22.8 Å². The average Bonchev–Trinajstić information content (AvgIpc) is 2.66. The lowest BCUT2D eigenvalue weighted by Gasteiger charge is -2.13. The molecule has 5 nitrogen and oxygen atoms in total.